The van der Waals surface area contributed by atoms with Crippen molar-refractivity contribution < 1.29 is 22.9 Å². The van der Waals surface area contributed by atoms with E-state index in [1.165, 1.54) is 24.3 Å². The highest BCUT2D eigenvalue weighted by Crippen LogP contribution is 2.19. The zero-order chi connectivity index (χ0) is 18.4. The van der Waals surface area contributed by atoms with Gasteiger partial charge in [-0.15, -0.1) is 0 Å². The third-order valence-electron chi connectivity index (χ3n) is 3.24. The van der Waals surface area contributed by atoms with E-state index >= 15 is 0 Å². The summed E-state index contributed by atoms with van der Waals surface area (Å²) >= 11 is 0. The fourth-order valence-electron chi connectivity index (χ4n) is 1.96. The van der Waals surface area contributed by atoms with E-state index in [0.717, 1.165) is 11.1 Å². The maximum Gasteiger partial charge on any atom is 0.471 e. The highest BCUT2D eigenvalue weighted by molar-refractivity contribution is 5.94. The molecule has 25 heavy (non-hydrogen) atoms. The second kappa shape index (κ2) is 7.61. The summed E-state index contributed by atoms with van der Waals surface area (Å²) in [5, 5.41) is 12.3. The number of nitrogens with zero attached hydrogens (tertiary/aromatic N) is 1. The Morgan fingerprint density at radius 1 is 1.08 bits per heavy atom. The zero-order valence-corrected chi connectivity index (χ0v) is 12.8. The molecule has 0 saturated heterocycles. The number of non-ortho nitro benzene ring substituents is 1. The molecule has 8 heteroatoms. The van der Waals surface area contributed by atoms with E-state index in [9.17, 15) is 28.1 Å². The van der Waals surface area contributed by atoms with Crippen molar-refractivity contribution in [3.8, 4) is 0 Å². The quantitative estimate of drug-likeness (QED) is 0.644. The van der Waals surface area contributed by atoms with Gasteiger partial charge in [0.1, 0.15) is 0 Å². The number of nitro benzene ring substituents is 1. The molecular formula is C17H13F3N2O3. The SMILES string of the molecule is O=C(Nc1ccc(C/C=C/c2ccc([N+](=O)[O-])cc2)cc1)C(F)(F)F. The lowest BCUT2D eigenvalue weighted by Crippen LogP contribution is -2.29. The molecule has 5 nitrogen and oxygen atoms in total. The van der Waals surface area contributed by atoms with Gasteiger partial charge in [-0.2, -0.15) is 13.2 Å². The smallest absolute Gasteiger partial charge is 0.318 e. The molecule has 0 saturated carbocycles. The van der Waals surface area contributed by atoms with Crippen molar-refractivity contribution in [3.63, 3.8) is 0 Å². The second-order valence-corrected chi connectivity index (χ2v) is 5.10. The first-order valence-electron chi connectivity index (χ1n) is 7.14. The predicted molar refractivity (Wildman–Crippen MR) is 87.0 cm³/mol. The number of nitrogens with one attached hydrogen (secondary N) is 1. The number of benzene rings is 2. The molecule has 0 atom stereocenters. The average molecular weight is 350 g/mol. The van der Waals surface area contributed by atoms with Gasteiger partial charge in [0.05, 0.1) is 4.92 Å². The topological polar surface area (TPSA) is 72.2 Å². The van der Waals surface area contributed by atoms with E-state index in [0.29, 0.717) is 6.42 Å². The van der Waals surface area contributed by atoms with Gasteiger partial charge in [-0.3, -0.25) is 14.9 Å². The third-order valence-corrected chi connectivity index (χ3v) is 3.24. The van der Waals surface area contributed by atoms with Crippen LogP contribution in [0.3, 0.4) is 0 Å². The van der Waals surface area contributed by atoms with Gasteiger partial charge < -0.3 is 5.32 Å². The number of hydrogen-bond donors (Lipinski definition) is 1. The second-order valence-electron chi connectivity index (χ2n) is 5.10. The van der Waals surface area contributed by atoms with Crippen molar-refractivity contribution in [2.24, 2.45) is 0 Å². The number of anilines is 1. The van der Waals surface area contributed by atoms with Gasteiger partial charge in [0, 0.05) is 17.8 Å². The van der Waals surface area contributed by atoms with Crippen molar-refractivity contribution in [2.75, 3.05) is 5.32 Å². The summed E-state index contributed by atoms with van der Waals surface area (Å²) in [5.74, 6) is -2.02. The van der Waals surface area contributed by atoms with Crippen LogP contribution in [0.15, 0.2) is 54.6 Å². The van der Waals surface area contributed by atoms with Gasteiger partial charge >= 0.3 is 12.1 Å². The molecule has 1 amide bonds. The summed E-state index contributed by atoms with van der Waals surface area (Å²) in [6.45, 7) is 0. The Bertz CT molecular complexity index is 782. The van der Waals surface area contributed by atoms with Crippen LogP contribution in [0.2, 0.25) is 0 Å². The van der Waals surface area contributed by atoms with Crippen molar-refractivity contribution in [3.05, 3.63) is 75.8 Å². The van der Waals surface area contributed by atoms with E-state index in [2.05, 4.69) is 0 Å². The Morgan fingerprint density at radius 3 is 2.20 bits per heavy atom. The molecule has 0 aliphatic carbocycles. The van der Waals surface area contributed by atoms with Crippen molar-refractivity contribution in [2.45, 2.75) is 12.6 Å². The van der Waals surface area contributed by atoms with Gasteiger partial charge in [0.25, 0.3) is 5.69 Å². The Labute approximate surface area is 140 Å². The van der Waals surface area contributed by atoms with Gasteiger partial charge in [-0.25, -0.2) is 0 Å². The van der Waals surface area contributed by atoms with Crippen molar-refractivity contribution >= 4 is 23.4 Å². The minimum absolute atomic E-state index is 0.00800. The minimum Gasteiger partial charge on any atom is -0.318 e. The van der Waals surface area contributed by atoms with Crippen LogP contribution in [-0.4, -0.2) is 17.0 Å². The van der Waals surface area contributed by atoms with Crippen LogP contribution < -0.4 is 5.32 Å². The molecule has 0 aliphatic rings. The van der Waals surface area contributed by atoms with E-state index < -0.39 is 17.0 Å². The van der Waals surface area contributed by atoms with E-state index in [-0.39, 0.29) is 11.4 Å². The maximum absolute atomic E-state index is 12.2. The standard InChI is InChI=1S/C17H13F3N2O3/c18-17(19,20)16(23)21-14-8-4-12(5-9-14)2-1-3-13-6-10-15(11-7-13)22(24)25/h1,3-11H,2H2,(H,21,23)/b3-1+. The van der Waals surface area contributed by atoms with E-state index in [1.54, 1.807) is 35.7 Å². The Hall–Kier alpha value is -3.16. The van der Waals surface area contributed by atoms with Crippen LogP contribution in [0.1, 0.15) is 11.1 Å². The summed E-state index contributed by atoms with van der Waals surface area (Å²) < 4.78 is 36.5. The molecule has 0 aliphatic heterocycles. The van der Waals surface area contributed by atoms with Gasteiger partial charge in [-0.1, -0.05) is 24.3 Å². The molecule has 0 unspecified atom stereocenters. The number of carbonyl (C=O) groups is 1. The van der Waals surface area contributed by atoms with Gasteiger partial charge in [0.15, 0.2) is 0 Å². The summed E-state index contributed by atoms with van der Waals surface area (Å²) in [7, 11) is 0. The summed E-state index contributed by atoms with van der Waals surface area (Å²) in [4.78, 5) is 20.9. The number of rotatable bonds is 5. The molecular weight excluding hydrogens is 337 g/mol. The molecule has 0 spiro atoms. The Morgan fingerprint density at radius 2 is 1.68 bits per heavy atom. The molecule has 0 heterocycles. The molecule has 1 N–H and O–H groups in total. The molecule has 0 bridgehead atoms. The molecule has 2 rings (SSSR count). The van der Waals surface area contributed by atoms with Crippen LogP contribution >= 0.6 is 0 Å². The third kappa shape index (κ3) is 5.45. The monoisotopic (exact) mass is 350 g/mol. The largest absolute Gasteiger partial charge is 0.471 e. The average Bonchev–Trinajstić information content (AvgIpc) is 2.56. The fraction of sp³-hybridized carbons (Fsp3) is 0.118. The highest BCUT2D eigenvalue weighted by Gasteiger charge is 2.38. The van der Waals surface area contributed by atoms with E-state index in [1.807, 2.05) is 6.08 Å². The Kier molecular flexibility index (Phi) is 5.53. The normalized spacial score (nSPS) is 11.5. The maximum atomic E-state index is 12.2. The lowest BCUT2D eigenvalue weighted by atomic mass is 10.1. The summed E-state index contributed by atoms with van der Waals surface area (Å²) in [5.41, 5.74) is 1.70. The van der Waals surface area contributed by atoms with Crippen LogP contribution in [0.5, 0.6) is 0 Å². The van der Waals surface area contributed by atoms with Crippen LogP contribution in [-0.2, 0) is 11.2 Å². The number of allylic oxidation sites excluding steroid dienone is 1. The summed E-state index contributed by atoms with van der Waals surface area (Å²) in [6.07, 6.45) is -0.801. The number of nitro groups is 1. The minimum atomic E-state index is -4.92. The first-order chi connectivity index (χ1) is 11.8. The van der Waals surface area contributed by atoms with Crippen LogP contribution in [0.25, 0.3) is 6.08 Å². The van der Waals surface area contributed by atoms with Gasteiger partial charge in [0.2, 0.25) is 0 Å². The zero-order valence-electron chi connectivity index (χ0n) is 12.8. The van der Waals surface area contributed by atoms with E-state index in [4.69, 9.17) is 0 Å². The molecule has 0 fully saturated rings. The number of halogens is 3. The molecule has 2 aromatic rings. The molecule has 130 valence electrons. The van der Waals surface area contributed by atoms with Crippen LogP contribution in [0, 0.1) is 10.1 Å². The molecule has 0 aromatic heterocycles. The number of hydrogen-bond acceptors (Lipinski definition) is 3. The highest BCUT2D eigenvalue weighted by atomic mass is 19.4. The summed E-state index contributed by atoms with van der Waals surface area (Å²) in [6, 6.07) is 12.0. The van der Waals surface area contributed by atoms with Crippen molar-refractivity contribution in [1.82, 2.24) is 0 Å². The Balaban J connectivity index is 1.93. The molecule has 2 aromatic carbocycles. The number of alkyl halides is 3. The predicted octanol–water partition coefficient (Wildman–Crippen LogP) is 4.35. The first kappa shape index (κ1) is 18.2. The lowest BCUT2D eigenvalue weighted by molar-refractivity contribution is -0.384. The number of carbonyl (C=O) groups excluding carboxylic acids is 1. The van der Waals surface area contributed by atoms with Crippen molar-refractivity contribution in [1.29, 1.82) is 0 Å². The lowest BCUT2D eigenvalue weighted by Gasteiger charge is -2.08. The molecule has 0 radical (unpaired) electrons. The first-order valence-corrected chi connectivity index (χ1v) is 7.14. The van der Waals surface area contributed by atoms with Crippen LogP contribution in [0.4, 0.5) is 24.5 Å². The van der Waals surface area contributed by atoms with Gasteiger partial charge in [-0.05, 0) is 41.8 Å². The number of amides is 1. The fourth-order valence-corrected chi connectivity index (χ4v) is 1.96.